The van der Waals surface area contributed by atoms with E-state index in [0.29, 0.717) is 0 Å². The van der Waals surface area contributed by atoms with Crippen molar-refractivity contribution in [3.8, 4) is 22.3 Å². The molecule has 0 aliphatic carbocycles. The Morgan fingerprint density at radius 2 is 1.46 bits per heavy atom. The smallest absolute Gasteiger partial charge is 0.126 e. The highest BCUT2D eigenvalue weighted by Gasteiger charge is 2.26. The predicted molar refractivity (Wildman–Crippen MR) is 110 cm³/mol. The molecule has 0 bridgehead atoms. The van der Waals surface area contributed by atoms with Gasteiger partial charge in [0.1, 0.15) is 7.85 Å². The van der Waals surface area contributed by atoms with Crippen LogP contribution in [0.4, 0.5) is 11.4 Å². The van der Waals surface area contributed by atoms with Crippen molar-refractivity contribution in [2.24, 2.45) is 0 Å². The Labute approximate surface area is 156 Å². The number of ether oxygens (including phenoxy) is 1. The molecule has 126 valence electrons. The number of fused-ring (bicyclic) bond motifs is 5. The van der Waals surface area contributed by atoms with Gasteiger partial charge in [0, 0.05) is 36.7 Å². The Kier molecular flexibility index (Phi) is 3.97. The Balaban J connectivity index is 2.04. The standard InChI is InChI=1S/C23H20BNO/c1-4-23(24,26-3)16-13-14-22-20(15-16)18-10-6-5-9-17(18)19-11-7-8-12-21(19)25(22)2/h4-15H,1H2,2-3H3. The third kappa shape index (κ3) is 2.39. The second-order valence-electron chi connectivity index (χ2n) is 6.56. The minimum atomic E-state index is -1.01. The zero-order chi connectivity index (χ0) is 18.3. The molecular weight excluding hydrogens is 317 g/mol. The molecule has 0 saturated carbocycles. The highest BCUT2D eigenvalue weighted by atomic mass is 16.5. The first kappa shape index (κ1) is 16.7. The number of para-hydroxylation sites is 1. The van der Waals surface area contributed by atoms with Crippen LogP contribution in [0.5, 0.6) is 0 Å². The number of anilines is 2. The van der Waals surface area contributed by atoms with Crippen molar-refractivity contribution in [1.29, 1.82) is 0 Å². The van der Waals surface area contributed by atoms with Gasteiger partial charge in [0.2, 0.25) is 0 Å². The molecule has 0 spiro atoms. The first-order valence-electron chi connectivity index (χ1n) is 8.64. The molecule has 2 nitrogen and oxygen atoms in total. The van der Waals surface area contributed by atoms with E-state index in [2.05, 4.69) is 79.2 Å². The number of hydrogen-bond acceptors (Lipinski definition) is 2. The molecule has 1 atom stereocenters. The van der Waals surface area contributed by atoms with Gasteiger partial charge in [0.15, 0.2) is 0 Å². The summed E-state index contributed by atoms with van der Waals surface area (Å²) in [7, 11) is 10.1. The van der Waals surface area contributed by atoms with E-state index in [4.69, 9.17) is 12.6 Å². The minimum Gasteiger partial charge on any atom is -0.380 e. The monoisotopic (exact) mass is 337 g/mol. The lowest BCUT2D eigenvalue weighted by Gasteiger charge is -2.28. The zero-order valence-electron chi connectivity index (χ0n) is 15.1. The fraction of sp³-hybridized carbons (Fsp3) is 0.130. The average molecular weight is 337 g/mol. The summed E-state index contributed by atoms with van der Waals surface area (Å²) in [6.45, 7) is 3.84. The Hall–Kier alpha value is -2.78. The largest absolute Gasteiger partial charge is 0.380 e. The second kappa shape index (κ2) is 6.19. The zero-order valence-corrected chi connectivity index (χ0v) is 15.1. The molecule has 2 radical (unpaired) electrons. The van der Waals surface area contributed by atoms with Gasteiger partial charge in [0.25, 0.3) is 0 Å². The first-order chi connectivity index (χ1) is 12.6. The van der Waals surface area contributed by atoms with Crippen LogP contribution in [0, 0.1) is 0 Å². The minimum absolute atomic E-state index is 0.878. The summed E-state index contributed by atoms with van der Waals surface area (Å²) in [5, 5.41) is 0. The van der Waals surface area contributed by atoms with Gasteiger partial charge >= 0.3 is 0 Å². The molecule has 3 aromatic carbocycles. The molecule has 1 unspecified atom stereocenters. The molecule has 1 aliphatic heterocycles. The molecule has 0 amide bonds. The lowest BCUT2D eigenvalue weighted by atomic mass is 9.74. The van der Waals surface area contributed by atoms with E-state index in [-0.39, 0.29) is 0 Å². The van der Waals surface area contributed by atoms with Crippen molar-refractivity contribution in [1.82, 2.24) is 0 Å². The molecule has 26 heavy (non-hydrogen) atoms. The number of rotatable bonds is 3. The molecule has 0 fully saturated rings. The van der Waals surface area contributed by atoms with Crippen molar-refractivity contribution in [3.05, 3.63) is 84.9 Å². The molecule has 1 aliphatic rings. The van der Waals surface area contributed by atoms with Crippen LogP contribution in [0.15, 0.2) is 79.4 Å². The van der Waals surface area contributed by atoms with Crippen LogP contribution in [-0.4, -0.2) is 22.0 Å². The lowest BCUT2D eigenvalue weighted by Crippen LogP contribution is -2.26. The van der Waals surface area contributed by atoms with E-state index in [1.807, 2.05) is 6.07 Å². The fourth-order valence-corrected chi connectivity index (χ4v) is 3.68. The number of nitrogens with zero attached hydrogens (tertiary/aromatic N) is 1. The van der Waals surface area contributed by atoms with E-state index in [1.54, 1.807) is 13.2 Å². The normalized spacial score (nSPS) is 14.5. The maximum atomic E-state index is 6.37. The van der Waals surface area contributed by atoms with E-state index < -0.39 is 5.50 Å². The second-order valence-corrected chi connectivity index (χ2v) is 6.56. The van der Waals surface area contributed by atoms with Crippen molar-refractivity contribution in [3.63, 3.8) is 0 Å². The Bertz CT molecular complexity index is 997. The first-order valence-corrected chi connectivity index (χ1v) is 8.64. The maximum absolute atomic E-state index is 6.37. The Morgan fingerprint density at radius 1 is 0.885 bits per heavy atom. The number of hydrogen-bond donors (Lipinski definition) is 0. The van der Waals surface area contributed by atoms with E-state index >= 15 is 0 Å². The van der Waals surface area contributed by atoms with Crippen LogP contribution in [0.1, 0.15) is 5.56 Å². The van der Waals surface area contributed by atoms with Gasteiger partial charge in [-0.15, -0.1) is 6.58 Å². The van der Waals surface area contributed by atoms with Gasteiger partial charge in [-0.05, 0) is 34.9 Å². The van der Waals surface area contributed by atoms with Crippen LogP contribution < -0.4 is 4.90 Å². The summed E-state index contributed by atoms with van der Waals surface area (Å²) < 4.78 is 5.52. The van der Waals surface area contributed by atoms with Gasteiger partial charge in [-0.2, -0.15) is 0 Å². The fourth-order valence-electron chi connectivity index (χ4n) is 3.68. The quantitative estimate of drug-likeness (QED) is 0.478. The third-order valence-corrected chi connectivity index (χ3v) is 5.22. The summed E-state index contributed by atoms with van der Waals surface area (Å²) >= 11 is 0. The highest BCUT2D eigenvalue weighted by molar-refractivity contribution is 6.16. The highest BCUT2D eigenvalue weighted by Crippen LogP contribution is 2.47. The van der Waals surface area contributed by atoms with Crippen molar-refractivity contribution in [2.45, 2.75) is 5.50 Å². The van der Waals surface area contributed by atoms with Crippen LogP contribution in [0.3, 0.4) is 0 Å². The summed E-state index contributed by atoms with van der Waals surface area (Å²) in [6, 6.07) is 23.2. The predicted octanol–water partition coefficient (Wildman–Crippen LogP) is 5.26. The summed E-state index contributed by atoms with van der Waals surface area (Å²) in [4.78, 5) is 2.23. The van der Waals surface area contributed by atoms with Gasteiger partial charge in [0.05, 0.1) is 5.50 Å². The summed E-state index contributed by atoms with van der Waals surface area (Å²) in [5.74, 6) is 0. The van der Waals surface area contributed by atoms with Crippen molar-refractivity contribution < 1.29 is 4.74 Å². The van der Waals surface area contributed by atoms with Crippen molar-refractivity contribution >= 4 is 19.2 Å². The molecule has 3 heteroatoms. The van der Waals surface area contributed by atoms with Gasteiger partial charge in [-0.25, -0.2) is 0 Å². The summed E-state index contributed by atoms with van der Waals surface area (Å²) in [6.07, 6.45) is 1.63. The van der Waals surface area contributed by atoms with Crippen molar-refractivity contribution in [2.75, 3.05) is 19.1 Å². The molecular formula is C23H20BNO. The average Bonchev–Trinajstić information content (AvgIpc) is 2.81. The summed E-state index contributed by atoms with van der Waals surface area (Å²) in [5.41, 5.74) is 6.93. The molecule has 0 saturated heterocycles. The van der Waals surface area contributed by atoms with Gasteiger partial charge in [-0.1, -0.05) is 54.6 Å². The molecule has 0 N–H and O–H groups in total. The topological polar surface area (TPSA) is 12.5 Å². The van der Waals surface area contributed by atoms with E-state index in [9.17, 15) is 0 Å². The van der Waals surface area contributed by atoms with Crippen LogP contribution in [0.25, 0.3) is 22.3 Å². The lowest BCUT2D eigenvalue weighted by molar-refractivity contribution is 0.103. The van der Waals surface area contributed by atoms with E-state index in [1.165, 1.54) is 22.4 Å². The van der Waals surface area contributed by atoms with E-state index in [0.717, 1.165) is 16.8 Å². The van der Waals surface area contributed by atoms with Gasteiger partial charge in [-0.3, -0.25) is 0 Å². The number of methoxy groups -OCH3 is 1. The third-order valence-electron chi connectivity index (χ3n) is 5.22. The van der Waals surface area contributed by atoms with Crippen LogP contribution in [-0.2, 0) is 10.2 Å². The molecule has 4 rings (SSSR count). The SMILES string of the molecule is [B]C(C=C)(OC)c1ccc2c(c1)-c1ccccc1-c1ccccc1N2C. The molecule has 0 aromatic heterocycles. The number of benzene rings is 3. The molecule has 3 aromatic rings. The molecule has 1 heterocycles. The van der Waals surface area contributed by atoms with Crippen LogP contribution in [0.2, 0.25) is 0 Å². The van der Waals surface area contributed by atoms with Crippen LogP contribution >= 0.6 is 0 Å². The Morgan fingerprint density at radius 3 is 2.12 bits per heavy atom. The maximum Gasteiger partial charge on any atom is 0.126 e. The van der Waals surface area contributed by atoms with Gasteiger partial charge < -0.3 is 9.64 Å².